The standard InChI is InChI=1S/C27H23N5O.C22H26N2O2.C17H18N2.C11H9Br.C11H18N2O2.C10H7N3O2.7CH4.ClH/c28-18-27(17-21-7-3-6-20-5-1-2-8-22(20)21)11-15-32(16-12-27)26(33)23-9-4-13-30-25(23)24-10-14-29-19-31-24;1-21(2,3)26-20(25)24-13-11-22(16-23,12-14-24)15-18-9-6-8-17-7-4-5-10-19(17)18;18-13-17(8-10-19-11-9-17)12-15-6-3-5-14-4-1-2-7-16(14)15;12-8-10-6-3-5-9-4-1-2-7-11(9)10;1-11(2,3)15-10(14)13-6-4-9(8-12)5-7-13;14-10(15)7-2-1-4-12-9(7)8-3-5-11-6-13-8;;;;;;;;/h1-10,13-14,19H,11-12,15-17H2;4-10H,11-15H2,1-3H3;1-7,19H,8-12H2;1-7H,8H2;9H,4-7H2,1-3H3;1-6H,(H,14,15);7*1H4;1H. The van der Waals surface area contributed by atoms with Crippen LogP contribution in [0.5, 0.6) is 0 Å². The first-order valence-electron chi connectivity index (χ1n) is 40.6. The highest BCUT2D eigenvalue weighted by Crippen LogP contribution is 2.40. The van der Waals surface area contributed by atoms with E-state index < -0.39 is 28.0 Å². The lowest BCUT2D eigenvalue weighted by Gasteiger charge is -2.38. The summed E-state index contributed by atoms with van der Waals surface area (Å²) >= 11 is 3.48. The largest absolute Gasteiger partial charge is 0.478 e. The Hall–Kier alpha value is -12.6. The van der Waals surface area contributed by atoms with E-state index in [4.69, 9.17) is 19.8 Å². The van der Waals surface area contributed by atoms with E-state index >= 15 is 0 Å². The first-order valence-corrected chi connectivity index (χ1v) is 41.8. The number of alkyl halides is 1. The monoisotopic (exact) mass is 1810 g/mol. The lowest BCUT2D eigenvalue weighted by atomic mass is 9.74. The van der Waals surface area contributed by atoms with Crippen molar-refractivity contribution in [2.45, 2.75) is 181 Å². The average molecular weight is 1820 g/mol. The highest BCUT2D eigenvalue weighted by atomic mass is 79.9. The van der Waals surface area contributed by atoms with Crippen LogP contribution in [0.2, 0.25) is 0 Å². The molecule has 0 bridgehead atoms. The van der Waals surface area contributed by atoms with E-state index in [1.165, 1.54) is 90.3 Å². The molecule has 4 saturated heterocycles. The zero-order chi connectivity index (χ0) is 85.1. The fraction of sp³-hybridized carbons (Fsp3) is 0.371. The van der Waals surface area contributed by atoms with Gasteiger partial charge in [-0.25, -0.2) is 34.3 Å². The molecule has 676 valence electrons. The van der Waals surface area contributed by atoms with Crippen LogP contribution in [-0.4, -0.2) is 137 Å². The molecule has 16 rings (SSSR count). The van der Waals surface area contributed by atoms with E-state index in [9.17, 15) is 35.0 Å². The Morgan fingerprint density at radius 3 is 1.09 bits per heavy atom. The van der Waals surface area contributed by atoms with Gasteiger partial charge in [-0.2, -0.15) is 21.0 Å². The second-order valence-corrected chi connectivity index (χ2v) is 33.1. The number of carboxylic acid groups (broad SMARTS) is 1. The Kier molecular flexibility index (Phi) is 44.4. The maximum absolute atomic E-state index is 13.4. The van der Waals surface area contributed by atoms with Crippen LogP contribution in [0.25, 0.3) is 65.9 Å². The average Bonchev–Trinajstić information content (AvgIpc) is 0.760. The summed E-state index contributed by atoms with van der Waals surface area (Å²) in [4.78, 5) is 77.8. The van der Waals surface area contributed by atoms with Crippen molar-refractivity contribution in [3.8, 4) is 47.1 Å². The number of ether oxygens (including phenoxy) is 2. The van der Waals surface area contributed by atoms with Crippen molar-refractivity contribution in [2.75, 3.05) is 52.4 Å². The molecule has 8 aromatic carbocycles. The van der Waals surface area contributed by atoms with Crippen LogP contribution in [0.3, 0.4) is 0 Å². The van der Waals surface area contributed by atoms with Crippen LogP contribution in [0, 0.1) is 67.5 Å². The molecular weight excluding hydrogens is 1680 g/mol. The molecule has 23 heteroatoms. The lowest BCUT2D eigenvalue weighted by Crippen LogP contribution is -2.45. The Morgan fingerprint density at radius 1 is 0.422 bits per heavy atom. The number of halogens is 2. The van der Waals surface area contributed by atoms with Gasteiger partial charge in [0.1, 0.15) is 35.2 Å². The third kappa shape index (κ3) is 29.8. The molecule has 0 saturated carbocycles. The number of rotatable bonds is 11. The number of nitrogens with one attached hydrogen (secondary N) is 1. The minimum atomic E-state index is -1.02. The van der Waals surface area contributed by atoms with Crippen LogP contribution >= 0.6 is 28.3 Å². The fourth-order valence-corrected chi connectivity index (χ4v) is 15.9. The third-order valence-electron chi connectivity index (χ3n) is 22.0. The summed E-state index contributed by atoms with van der Waals surface area (Å²) in [5, 5.41) is 61.6. The predicted molar refractivity (Wildman–Crippen MR) is 526 cm³/mol. The summed E-state index contributed by atoms with van der Waals surface area (Å²) in [7, 11) is 0. The summed E-state index contributed by atoms with van der Waals surface area (Å²) in [6.07, 6.45) is 17.0. The number of carbonyl (C=O) groups is 4. The second-order valence-electron chi connectivity index (χ2n) is 32.6. The molecule has 4 aromatic heterocycles. The number of carboxylic acids is 1. The van der Waals surface area contributed by atoms with E-state index in [2.05, 4.69) is 221 Å². The topological polar surface area (TPSA) is 301 Å². The van der Waals surface area contributed by atoms with Crippen molar-refractivity contribution in [3.05, 3.63) is 277 Å². The zero-order valence-corrected chi connectivity index (χ0v) is 71.7. The van der Waals surface area contributed by atoms with Crippen molar-refractivity contribution in [1.82, 2.24) is 49.9 Å². The number of amides is 3. The third-order valence-corrected chi connectivity index (χ3v) is 22.6. The van der Waals surface area contributed by atoms with E-state index in [1.54, 1.807) is 58.7 Å². The summed E-state index contributed by atoms with van der Waals surface area (Å²) in [6, 6.07) is 78.8. The molecule has 0 aliphatic carbocycles. The Balaban J connectivity index is 0.000000404. The van der Waals surface area contributed by atoms with Crippen molar-refractivity contribution < 1.29 is 33.8 Å². The van der Waals surface area contributed by atoms with E-state index in [0.29, 0.717) is 106 Å². The molecule has 4 aliphatic heterocycles. The smallest absolute Gasteiger partial charge is 0.410 e. The molecule has 12 aromatic rings. The number of carbonyl (C=O) groups excluding carboxylic acids is 3. The number of aromatic carboxylic acids is 1. The number of aromatic nitrogens is 6. The lowest BCUT2D eigenvalue weighted by molar-refractivity contribution is 0.0146. The van der Waals surface area contributed by atoms with Gasteiger partial charge in [-0.15, -0.1) is 12.4 Å². The Labute approximate surface area is 774 Å². The van der Waals surface area contributed by atoms with Gasteiger partial charge in [-0.3, -0.25) is 14.8 Å². The first kappa shape index (κ1) is 110. The molecule has 2 N–H and O–H groups in total. The number of fused-ring (bicyclic) bond motifs is 4. The molecule has 0 radical (unpaired) electrons. The van der Waals surface area contributed by atoms with E-state index in [0.717, 1.165) is 50.5 Å². The molecule has 8 heterocycles. The molecule has 3 amide bonds. The van der Waals surface area contributed by atoms with Crippen LogP contribution in [0.15, 0.2) is 244 Å². The van der Waals surface area contributed by atoms with Crippen molar-refractivity contribution in [1.29, 1.82) is 21.0 Å². The van der Waals surface area contributed by atoms with Crippen LogP contribution in [-0.2, 0) is 34.1 Å². The SMILES string of the molecule is BrCc1cccc2ccccc12.C.C.C.C.C.C.C.CC(C)(C)OC(=O)N1CCC(C#N)(Cc2cccc3ccccc23)CC1.CC(C)(C)OC(=O)N1CCC(C#N)CC1.Cl.N#CC1(Cc2cccc3ccccc23)CCN(C(=O)c2cccnc2-c2ccncn2)CC1.N#CC1(Cc2cccc3ccccc23)CCNCC1.O=C(O)c1cccnc1-c1ccncn1. The normalized spacial score (nSPS) is 14.3. The summed E-state index contributed by atoms with van der Waals surface area (Å²) in [5.41, 5.74) is 5.71. The number of nitrogens with zero attached hydrogens (tertiary/aromatic N) is 13. The zero-order valence-electron chi connectivity index (χ0n) is 69.3. The molecule has 0 unspecified atom stereocenters. The number of likely N-dealkylation sites (tertiary alicyclic amines) is 3. The van der Waals surface area contributed by atoms with Crippen molar-refractivity contribution in [2.24, 2.45) is 22.2 Å². The predicted octanol–water partition coefficient (Wildman–Crippen LogP) is 24.9. The number of hydrogen-bond acceptors (Lipinski definition) is 17. The van der Waals surface area contributed by atoms with Gasteiger partial charge >= 0.3 is 18.2 Å². The van der Waals surface area contributed by atoms with Gasteiger partial charge in [0.15, 0.2) is 0 Å². The summed E-state index contributed by atoms with van der Waals surface area (Å²) < 4.78 is 10.7. The van der Waals surface area contributed by atoms with Gasteiger partial charge in [-0.05, 0) is 227 Å². The fourth-order valence-electron chi connectivity index (χ4n) is 15.4. The maximum Gasteiger partial charge on any atom is 0.410 e. The van der Waals surface area contributed by atoms with Gasteiger partial charge in [0.25, 0.3) is 5.91 Å². The molecule has 0 atom stereocenters. The number of hydrogen-bond donors (Lipinski definition) is 2. The number of piperidine rings is 4. The van der Waals surface area contributed by atoms with Gasteiger partial charge < -0.3 is 34.6 Å². The van der Waals surface area contributed by atoms with Crippen LogP contribution in [0.1, 0.15) is 188 Å². The second kappa shape index (κ2) is 51.9. The highest BCUT2D eigenvalue weighted by molar-refractivity contribution is 9.08. The van der Waals surface area contributed by atoms with Crippen molar-refractivity contribution >= 4 is 95.5 Å². The van der Waals surface area contributed by atoms with Crippen LogP contribution in [0.4, 0.5) is 9.59 Å². The number of pyridine rings is 2. The van der Waals surface area contributed by atoms with Gasteiger partial charge in [-0.1, -0.05) is 238 Å². The summed E-state index contributed by atoms with van der Waals surface area (Å²) in [6.45, 7) is 16.5. The van der Waals surface area contributed by atoms with Crippen LogP contribution < -0.4 is 5.32 Å². The molecular formula is C105H130BrClN14O7. The molecule has 128 heavy (non-hydrogen) atoms. The maximum atomic E-state index is 13.4. The minimum Gasteiger partial charge on any atom is -0.478 e. The van der Waals surface area contributed by atoms with Crippen molar-refractivity contribution in [3.63, 3.8) is 0 Å². The molecule has 4 aliphatic rings. The van der Waals surface area contributed by atoms with Gasteiger partial charge in [0.05, 0.1) is 63.0 Å². The molecule has 4 fully saturated rings. The minimum absolute atomic E-state index is 0. The highest BCUT2D eigenvalue weighted by Gasteiger charge is 2.40. The molecule has 0 spiro atoms. The van der Waals surface area contributed by atoms with E-state index in [1.807, 2.05) is 70.7 Å². The molecule has 21 nitrogen and oxygen atoms in total. The van der Waals surface area contributed by atoms with Gasteiger partial charge in [0.2, 0.25) is 0 Å². The quantitative estimate of drug-likeness (QED) is 0.114. The number of benzene rings is 8. The Bertz CT molecular complexity index is 5650. The van der Waals surface area contributed by atoms with Gasteiger partial charge in [0, 0.05) is 75.3 Å². The summed E-state index contributed by atoms with van der Waals surface area (Å²) in [5.74, 6) is -0.992. The number of nitriles is 4. The van der Waals surface area contributed by atoms with E-state index in [-0.39, 0.29) is 99.4 Å². The Morgan fingerprint density at radius 2 is 0.750 bits per heavy atom. The first-order chi connectivity index (χ1) is 58.0.